The Morgan fingerprint density at radius 1 is 1.29 bits per heavy atom. The number of rotatable bonds is 8. The van der Waals surface area contributed by atoms with E-state index in [0.717, 1.165) is 25.0 Å². The molecule has 0 fully saturated rings. The molecular formula is C10H20O2S2. The third kappa shape index (κ3) is 6.60. The highest BCUT2D eigenvalue weighted by Crippen LogP contribution is 2.17. The standard InChI is InChI=1S/C10H20O2S2/c1-2-3-4-5-6-9(7-8-13)10(11)12-14/h9,13-14H,2-8H2,1H3. The van der Waals surface area contributed by atoms with Crippen molar-refractivity contribution >= 4 is 31.5 Å². The first-order valence-corrected chi connectivity index (χ1v) is 6.22. The fraction of sp³-hybridized carbons (Fsp3) is 0.900. The normalized spacial score (nSPS) is 12.5. The Morgan fingerprint density at radius 3 is 2.50 bits per heavy atom. The fourth-order valence-corrected chi connectivity index (χ4v) is 1.89. The fourth-order valence-electron chi connectivity index (χ4n) is 1.43. The Labute approximate surface area is 97.8 Å². The molecule has 0 amide bonds. The Kier molecular flexibility index (Phi) is 9.83. The van der Waals surface area contributed by atoms with Gasteiger partial charge < -0.3 is 4.18 Å². The van der Waals surface area contributed by atoms with Gasteiger partial charge in [0.25, 0.3) is 0 Å². The van der Waals surface area contributed by atoms with Gasteiger partial charge in [-0.2, -0.15) is 12.6 Å². The topological polar surface area (TPSA) is 26.3 Å². The Morgan fingerprint density at radius 2 is 2.00 bits per heavy atom. The minimum atomic E-state index is -0.209. The van der Waals surface area contributed by atoms with Crippen molar-refractivity contribution in [1.82, 2.24) is 0 Å². The molecule has 0 rings (SSSR count). The molecule has 0 aromatic rings. The first kappa shape index (κ1) is 14.2. The largest absolute Gasteiger partial charge is 0.394 e. The molecule has 2 nitrogen and oxygen atoms in total. The SMILES string of the molecule is CCCCCCC(CCS)C(=O)OS. The Hall–Kier alpha value is 0.170. The van der Waals surface area contributed by atoms with E-state index >= 15 is 0 Å². The molecular weight excluding hydrogens is 216 g/mol. The zero-order chi connectivity index (χ0) is 10.8. The van der Waals surface area contributed by atoms with Gasteiger partial charge >= 0.3 is 5.97 Å². The van der Waals surface area contributed by atoms with Crippen LogP contribution in [0.5, 0.6) is 0 Å². The van der Waals surface area contributed by atoms with Crippen molar-refractivity contribution in [2.24, 2.45) is 5.92 Å². The van der Waals surface area contributed by atoms with Crippen molar-refractivity contribution in [3.8, 4) is 0 Å². The minimum absolute atomic E-state index is 0.0122. The van der Waals surface area contributed by atoms with E-state index in [1.807, 2.05) is 0 Å². The van der Waals surface area contributed by atoms with Gasteiger partial charge in [-0.3, -0.25) is 4.79 Å². The van der Waals surface area contributed by atoms with Gasteiger partial charge in [0.15, 0.2) is 0 Å². The quantitative estimate of drug-likeness (QED) is 0.384. The molecule has 0 spiro atoms. The van der Waals surface area contributed by atoms with Crippen LogP contribution in [0.25, 0.3) is 0 Å². The maximum Gasteiger partial charge on any atom is 0.320 e. The lowest BCUT2D eigenvalue weighted by Gasteiger charge is -2.11. The second-order valence-electron chi connectivity index (χ2n) is 3.47. The molecule has 0 saturated carbocycles. The van der Waals surface area contributed by atoms with Crippen molar-refractivity contribution in [3.63, 3.8) is 0 Å². The summed E-state index contributed by atoms with van der Waals surface area (Å²) in [5.74, 6) is 0.502. The number of carbonyl (C=O) groups excluding carboxylic acids is 1. The number of unbranched alkanes of at least 4 members (excludes halogenated alkanes) is 3. The second kappa shape index (κ2) is 9.71. The van der Waals surface area contributed by atoms with Gasteiger partial charge in [0.1, 0.15) is 0 Å². The third-order valence-corrected chi connectivity index (χ3v) is 2.75. The van der Waals surface area contributed by atoms with E-state index in [1.54, 1.807) is 0 Å². The monoisotopic (exact) mass is 236 g/mol. The summed E-state index contributed by atoms with van der Waals surface area (Å²) in [5.41, 5.74) is 0. The van der Waals surface area contributed by atoms with E-state index < -0.39 is 0 Å². The average molecular weight is 236 g/mol. The van der Waals surface area contributed by atoms with Crippen molar-refractivity contribution in [1.29, 1.82) is 0 Å². The molecule has 0 aromatic carbocycles. The van der Waals surface area contributed by atoms with Gasteiger partial charge in [-0.25, -0.2) is 0 Å². The predicted octanol–water partition coefficient (Wildman–Crippen LogP) is 3.28. The number of carbonyl (C=O) groups is 1. The summed E-state index contributed by atoms with van der Waals surface area (Å²) in [7, 11) is 0. The molecule has 0 bridgehead atoms. The van der Waals surface area contributed by atoms with Crippen LogP contribution in [-0.4, -0.2) is 11.7 Å². The highest BCUT2D eigenvalue weighted by Gasteiger charge is 2.17. The van der Waals surface area contributed by atoms with Crippen LogP contribution in [0, 0.1) is 5.92 Å². The van der Waals surface area contributed by atoms with Gasteiger partial charge in [0, 0.05) is 12.9 Å². The van der Waals surface area contributed by atoms with E-state index in [9.17, 15) is 4.79 Å². The first-order valence-electron chi connectivity index (χ1n) is 5.22. The molecule has 4 heteroatoms. The van der Waals surface area contributed by atoms with Crippen LogP contribution < -0.4 is 0 Å². The van der Waals surface area contributed by atoms with Crippen LogP contribution in [0.3, 0.4) is 0 Å². The van der Waals surface area contributed by atoms with Crippen LogP contribution in [-0.2, 0) is 8.98 Å². The lowest BCUT2D eigenvalue weighted by molar-refractivity contribution is -0.137. The zero-order valence-corrected chi connectivity index (χ0v) is 10.5. The minimum Gasteiger partial charge on any atom is -0.394 e. The van der Waals surface area contributed by atoms with Gasteiger partial charge in [0.2, 0.25) is 0 Å². The molecule has 0 aromatic heterocycles. The summed E-state index contributed by atoms with van der Waals surface area (Å²) in [6.07, 6.45) is 6.43. The second-order valence-corrected chi connectivity index (χ2v) is 4.10. The van der Waals surface area contributed by atoms with E-state index in [4.69, 9.17) is 0 Å². The van der Waals surface area contributed by atoms with E-state index in [0.29, 0.717) is 0 Å². The third-order valence-electron chi connectivity index (χ3n) is 2.31. The molecule has 84 valence electrons. The summed E-state index contributed by atoms with van der Waals surface area (Å²) in [4.78, 5) is 11.2. The van der Waals surface area contributed by atoms with Crippen molar-refractivity contribution in [2.75, 3.05) is 5.75 Å². The molecule has 0 aliphatic heterocycles. The Bertz CT molecular complexity index is 151. The molecule has 1 unspecified atom stereocenters. The maximum atomic E-state index is 11.2. The van der Waals surface area contributed by atoms with Crippen LogP contribution in [0.1, 0.15) is 45.4 Å². The highest BCUT2D eigenvalue weighted by atomic mass is 32.1. The number of hydrogen-bond donors (Lipinski definition) is 2. The molecule has 0 saturated heterocycles. The van der Waals surface area contributed by atoms with Gasteiger partial charge in [-0.1, -0.05) is 32.6 Å². The van der Waals surface area contributed by atoms with Gasteiger partial charge in [0.05, 0.1) is 5.92 Å². The maximum absolute atomic E-state index is 11.2. The first-order chi connectivity index (χ1) is 6.76. The average Bonchev–Trinajstić information content (AvgIpc) is 2.21. The summed E-state index contributed by atoms with van der Waals surface area (Å²) in [6, 6.07) is 0. The highest BCUT2D eigenvalue weighted by molar-refractivity contribution is 7.80. The number of hydrogen-bond acceptors (Lipinski definition) is 4. The van der Waals surface area contributed by atoms with E-state index in [1.165, 1.54) is 19.3 Å². The molecule has 0 aliphatic carbocycles. The van der Waals surface area contributed by atoms with Crippen LogP contribution in [0.4, 0.5) is 0 Å². The molecule has 1 atom stereocenters. The van der Waals surface area contributed by atoms with Gasteiger partial charge in [-0.15, -0.1) is 0 Å². The molecule has 0 N–H and O–H groups in total. The smallest absolute Gasteiger partial charge is 0.320 e. The zero-order valence-electron chi connectivity index (χ0n) is 8.74. The summed E-state index contributed by atoms with van der Waals surface area (Å²) in [5, 5.41) is 0. The van der Waals surface area contributed by atoms with Crippen LogP contribution in [0.2, 0.25) is 0 Å². The summed E-state index contributed by atoms with van der Waals surface area (Å²) < 4.78 is 4.44. The molecule has 0 radical (unpaired) electrons. The van der Waals surface area contributed by atoms with Crippen LogP contribution >= 0.6 is 25.5 Å². The van der Waals surface area contributed by atoms with E-state index in [2.05, 4.69) is 36.6 Å². The van der Waals surface area contributed by atoms with Crippen molar-refractivity contribution in [3.05, 3.63) is 0 Å². The molecule has 0 heterocycles. The molecule has 14 heavy (non-hydrogen) atoms. The molecule has 0 aliphatic rings. The van der Waals surface area contributed by atoms with Crippen molar-refractivity contribution in [2.45, 2.75) is 45.4 Å². The van der Waals surface area contributed by atoms with Crippen molar-refractivity contribution < 1.29 is 8.98 Å². The summed E-state index contributed by atoms with van der Waals surface area (Å²) in [6.45, 7) is 2.17. The number of thiol groups is 2. The lowest BCUT2D eigenvalue weighted by atomic mass is 9.98. The predicted molar refractivity (Wildman–Crippen MR) is 65.8 cm³/mol. The van der Waals surface area contributed by atoms with Crippen LogP contribution in [0.15, 0.2) is 0 Å². The summed E-state index contributed by atoms with van der Waals surface area (Å²) >= 11 is 7.66. The lowest BCUT2D eigenvalue weighted by Crippen LogP contribution is -2.15. The van der Waals surface area contributed by atoms with E-state index in [-0.39, 0.29) is 11.9 Å². The van der Waals surface area contributed by atoms with Gasteiger partial charge in [-0.05, 0) is 18.6 Å². The Balaban J connectivity index is 3.67.